The molecule has 0 bridgehead atoms. The highest BCUT2D eigenvalue weighted by Gasteiger charge is 2.03. The maximum absolute atomic E-state index is 9.75. The highest BCUT2D eigenvalue weighted by Crippen LogP contribution is 2.13. The van der Waals surface area contributed by atoms with Crippen LogP contribution in [0.5, 0.6) is 0 Å². The fraction of sp³-hybridized carbons (Fsp3) is 1.00. The minimum atomic E-state index is -0.154. The van der Waals surface area contributed by atoms with Crippen molar-refractivity contribution in [3.05, 3.63) is 0 Å². The maximum atomic E-state index is 9.75. The molecule has 2 atom stereocenters. The van der Waals surface area contributed by atoms with Crippen LogP contribution in [0, 0.1) is 0 Å². The van der Waals surface area contributed by atoms with Crippen molar-refractivity contribution in [1.82, 2.24) is 0 Å². The molecule has 0 aromatic carbocycles. The van der Waals surface area contributed by atoms with Crippen molar-refractivity contribution in [2.45, 2.75) is 96.7 Å². The van der Waals surface area contributed by atoms with Crippen molar-refractivity contribution in [3.8, 4) is 0 Å². The summed E-state index contributed by atoms with van der Waals surface area (Å²) in [6.07, 6.45) is 12.3. The molecular formula is C15H32O2. The monoisotopic (exact) mass is 244 g/mol. The normalized spacial score (nSPS) is 14.8. The van der Waals surface area contributed by atoms with Gasteiger partial charge in [-0.2, -0.15) is 0 Å². The highest BCUT2D eigenvalue weighted by atomic mass is 16.3. The second-order valence-electron chi connectivity index (χ2n) is 5.34. The second kappa shape index (κ2) is 12.4. The lowest BCUT2D eigenvalue weighted by Gasteiger charge is -2.10. The van der Waals surface area contributed by atoms with Crippen LogP contribution < -0.4 is 0 Å². The van der Waals surface area contributed by atoms with E-state index in [0.717, 1.165) is 32.1 Å². The van der Waals surface area contributed by atoms with E-state index in [1.807, 2.05) is 6.92 Å². The smallest absolute Gasteiger partial charge is 0.0540 e. The zero-order valence-electron chi connectivity index (χ0n) is 11.8. The van der Waals surface area contributed by atoms with Crippen molar-refractivity contribution in [1.29, 1.82) is 0 Å². The summed E-state index contributed by atoms with van der Waals surface area (Å²) in [4.78, 5) is 0. The molecule has 2 unspecified atom stereocenters. The number of unbranched alkanes of at least 4 members (excludes halogenated alkanes) is 6. The third-order valence-corrected chi connectivity index (χ3v) is 3.30. The van der Waals surface area contributed by atoms with Gasteiger partial charge in [0.15, 0.2) is 0 Å². The lowest BCUT2D eigenvalue weighted by Crippen LogP contribution is -2.06. The van der Waals surface area contributed by atoms with Crippen molar-refractivity contribution in [2.24, 2.45) is 0 Å². The van der Waals surface area contributed by atoms with Crippen LogP contribution in [0.25, 0.3) is 0 Å². The van der Waals surface area contributed by atoms with E-state index in [1.165, 1.54) is 38.5 Å². The van der Waals surface area contributed by atoms with Crippen LogP contribution in [0.2, 0.25) is 0 Å². The zero-order chi connectivity index (χ0) is 12.9. The van der Waals surface area contributed by atoms with Crippen LogP contribution in [0.15, 0.2) is 0 Å². The number of hydrogen-bond donors (Lipinski definition) is 2. The van der Waals surface area contributed by atoms with Gasteiger partial charge in [-0.1, -0.05) is 58.3 Å². The third kappa shape index (κ3) is 13.9. The molecule has 2 heteroatoms. The summed E-state index contributed by atoms with van der Waals surface area (Å²) in [7, 11) is 0. The van der Waals surface area contributed by atoms with E-state index in [0.29, 0.717) is 0 Å². The Kier molecular flexibility index (Phi) is 12.3. The minimum absolute atomic E-state index is 0.0800. The van der Waals surface area contributed by atoms with Gasteiger partial charge in [-0.25, -0.2) is 0 Å². The minimum Gasteiger partial charge on any atom is -0.393 e. The standard InChI is InChI=1S/C15H32O2/c1-3-4-5-9-12-15(17)13-10-7-6-8-11-14(2)16/h14-17H,3-13H2,1-2H3. The molecule has 17 heavy (non-hydrogen) atoms. The molecule has 0 aromatic rings. The Morgan fingerprint density at radius 1 is 0.706 bits per heavy atom. The van der Waals surface area contributed by atoms with Gasteiger partial charge in [-0.05, 0) is 26.2 Å². The predicted octanol–water partition coefficient (Wildman–Crippen LogP) is 4.04. The van der Waals surface area contributed by atoms with Crippen molar-refractivity contribution >= 4 is 0 Å². The number of hydrogen-bond acceptors (Lipinski definition) is 2. The second-order valence-corrected chi connectivity index (χ2v) is 5.34. The van der Waals surface area contributed by atoms with E-state index in [9.17, 15) is 5.11 Å². The number of aliphatic hydroxyl groups excluding tert-OH is 2. The lowest BCUT2D eigenvalue weighted by atomic mass is 10.0. The van der Waals surface area contributed by atoms with Gasteiger partial charge in [0, 0.05) is 0 Å². The van der Waals surface area contributed by atoms with E-state index in [-0.39, 0.29) is 12.2 Å². The van der Waals surface area contributed by atoms with Gasteiger partial charge in [-0.15, -0.1) is 0 Å². The first-order valence-electron chi connectivity index (χ1n) is 7.53. The third-order valence-electron chi connectivity index (χ3n) is 3.30. The number of rotatable bonds is 12. The van der Waals surface area contributed by atoms with Crippen LogP contribution in [0.3, 0.4) is 0 Å². The lowest BCUT2D eigenvalue weighted by molar-refractivity contribution is 0.146. The van der Waals surface area contributed by atoms with E-state index >= 15 is 0 Å². The molecular weight excluding hydrogens is 212 g/mol. The molecule has 0 spiro atoms. The molecule has 0 radical (unpaired) electrons. The Bertz CT molecular complexity index is 146. The van der Waals surface area contributed by atoms with Crippen LogP contribution in [0.1, 0.15) is 84.5 Å². The molecule has 104 valence electrons. The van der Waals surface area contributed by atoms with Crippen molar-refractivity contribution in [2.75, 3.05) is 0 Å². The predicted molar refractivity (Wildman–Crippen MR) is 74.1 cm³/mol. The summed E-state index contributed by atoms with van der Waals surface area (Å²) in [6, 6.07) is 0. The zero-order valence-corrected chi connectivity index (χ0v) is 11.8. The van der Waals surface area contributed by atoms with E-state index in [4.69, 9.17) is 5.11 Å². The molecule has 0 heterocycles. The molecule has 0 aliphatic carbocycles. The summed E-state index contributed by atoms with van der Waals surface area (Å²) < 4.78 is 0. The quantitative estimate of drug-likeness (QED) is 0.509. The first-order valence-corrected chi connectivity index (χ1v) is 7.53. The Labute approximate surface area is 107 Å². The molecule has 0 aliphatic rings. The first-order chi connectivity index (χ1) is 8.16. The van der Waals surface area contributed by atoms with E-state index < -0.39 is 0 Å². The summed E-state index contributed by atoms with van der Waals surface area (Å²) in [6.45, 7) is 4.06. The molecule has 0 rings (SSSR count). The topological polar surface area (TPSA) is 40.5 Å². The Morgan fingerprint density at radius 3 is 1.65 bits per heavy atom. The average Bonchev–Trinajstić information content (AvgIpc) is 2.29. The molecule has 0 fully saturated rings. The largest absolute Gasteiger partial charge is 0.393 e. The highest BCUT2D eigenvalue weighted by molar-refractivity contribution is 4.57. The fourth-order valence-electron chi connectivity index (χ4n) is 2.12. The SMILES string of the molecule is CCCCCCC(O)CCCCCCC(C)O. The van der Waals surface area contributed by atoms with Crippen LogP contribution in [0.4, 0.5) is 0 Å². The van der Waals surface area contributed by atoms with Gasteiger partial charge in [0.2, 0.25) is 0 Å². The summed E-state index contributed by atoms with van der Waals surface area (Å²) in [5.74, 6) is 0. The molecule has 0 saturated carbocycles. The van der Waals surface area contributed by atoms with Gasteiger partial charge in [0.05, 0.1) is 12.2 Å². The first kappa shape index (κ1) is 16.9. The fourth-order valence-corrected chi connectivity index (χ4v) is 2.12. The molecule has 2 nitrogen and oxygen atoms in total. The molecule has 2 N–H and O–H groups in total. The molecule has 0 aliphatic heterocycles. The van der Waals surface area contributed by atoms with Crippen molar-refractivity contribution in [3.63, 3.8) is 0 Å². The van der Waals surface area contributed by atoms with Gasteiger partial charge in [-0.3, -0.25) is 0 Å². The summed E-state index contributed by atoms with van der Waals surface area (Å²) in [5.41, 5.74) is 0. The Hall–Kier alpha value is -0.0800. The van der Waals surface area contributed by atoms with Crippen LogP contribution in [-0.2, 0) is 0 Å². The average molecular weight is 244 g/mol. The summed E-state index contributed by atoms with van der Waals surface area (Å²) >= 11 is 0. The van der Waals surface area contributed by atoms with Crippen LogP contribution >= 0.6 is 0 Å². The molecule has 0 aromatic heterocycles. The Balaban J connectivity index is 3.13. The van der Waals surface area contributed by atoms with Crippen molar-refractivity contribution < 1.29 is 10.2 Å². The maximum Gasteiger partial charge on any atom is 0.0540 e. The molecule has 0 saturated heterocycles. The van der Waals surface area contributed by atoms with E-state index in [2.05, 4.69) is 6.92 Å². The van der Waals surface area contributed by atoms with E-state index in [1.54, 1.807) is 0 Å². The summed E-state index contributed by atoms with van der Waals surface area (Å²) in [5, 5.41) is 18.9. The van der Waals surface area contributed by atoms with Gasteiger partial charge >= 0.3 is 0 Å². The van der Waals surface area contributed by atoms with Gasteiger partial charge in [0.1, 0.15) is 0 Å². The van der Waals surface area contributed by atoms with Gasteiger partial charge in [0.25, 0.3) is 0 Å². The molecule has 0 amide bonds. The van der Waals surface area contributed by atoms with Crippen LogP contribution in [-0.4, -0.2) is 22.4 Å². The Morgan fingerprint density at radius 2 is 1.18 bits per heavy atom. The number of aliphatic hydroxyl groups is 2. The van der Waals surface area contributed by atoms with Gasteiger partial charge < -0.3 is 10.2 Å².